The highest BCUT2D eigenvalue weighted by Gasteiger charge is 2.27. The van der Waals surface area contributed by atoms with Crippen LogP contribution in [0.3, 0.4) is 0 Å². The first-order chi connectivity index (χ1) is 12.2. The van der Waals surface area contributed by atoms with Crippen molar-refractivity contribution in [3.05, 3.63) is 59.7 Å². The van der Waals surface area contributed by atoms with Crippen LogP contribution in [0.4, 0.5) is 0 Å². The third-order valence-electron chi connectivity index (χ3n) is 4.34. The van der Waals surface area contributed by atoms with Crippen molar-refractivity contribution in [3.8, 4) is 11.5 Å². The van der Waals surface area contributed by atoms with E-state index in [4.69, 9.17) is 15.2 Å². The van der Waals surface area contributed by atoms with Crippen LogP contribution in [0.1, 0.15) is 24.0 Å². The molecule has 3 rings (SSSR count). The molecule has 0 spiro atoms. The molecule has 1 aliphatic rings. The molecule has 1 fully saturated rings. The summed E-state index contributed by atoms with van der Waals surface area (Å²) in [7, 11) is 3.64. The van der Waals surface area contributed by atoms with Gasteiger partial charge in [0, 0.05) is 13.1 Å². The molecule has 0 aromatic heterocycles. The normalized spacial score (nSPS) is 13.7. The minimum atomic E-state index is 0. The Hall–Kier alpha value is -1.96. The van der Waals surface area contributed by atoms with Gasteiger partial charge in [0.05, 0.1) is 13.7 Å². The Morgan fingerprint density at radius 1 is 1.12 bits per heavy atom. The predicted molar refractivity (Wildman–Crippen MR) is 115 cm³/mol. The summed E-state index contributed by atoms with van der Waals surface area (Å²) in [6, 6.07) is 16.5. The first-order valence-corrected chi connectivity index (χ1v) is 8.54. The number of hydrogen-bond acceptors (Lipinski definition) is 3. The van der Waals surface area contributed by atoms with Gasteiger partial charge in [-0.05, 0) is 36.1 Å². The van der Waals surface area contributed by atoms with Gasteiger partial charge >= 0.3 is 0 Å². The lowest BCUT2D eigenvalue weighted by Crippen LogP contribution is -2.35. The highest BCUT2D eigenvalue weighted by Crippen LogP contribution is 2.29. The summed E-state index contributed by atoms with van der Waals surface area (Å²) in [5.41, 5.74) is 8.20. The van der Waals surface area contributed by atoms with E-state index >= 15 is 0 Å². The van der Waals surface area contributed by atoms with Gasteiger partial charge in [-0.2, -0.15) is 0 Å². The maximum atomic E-state index is 6.04. The number of benzene rings is 2. The zero-order chi connectivity index (χ0) is 17.6. The molecule has 0 amide bonds. The summed E-state index contributed by atoms with van der Waals surface area (Å²) in [4.78, 5) is 6.53. The van der Waals surface area contributed by atoms with Crippen LogP contribution in [0.15, 0.2) is 53.5 Å². The average molecular weight is 467 g/mol. The first-order valence-electron chi connectivity index (χ1n) is 8.54. The molecule has 0 radical (unpaired) electrons. The van der Waals surface area contributed by atoms with Crippen molar-refractivity contribution < 1.29 is 9.47 Å². The smallest absolute Gasteiger partial charge is 0.191 e. The Labute approximate surface area is 172 Å². The lowest BCUT2D eigenvalue weighted by Gasteiger charge is -2.17. The van der Waals surface area contributed by atoms with Gasteiger partial charge in [-0.15, -0.1) is 24.0 Å². The van der Waals surface area contributed by atoms with E-state index in [0.717, 1.165) is 16.9 Å². The molecule has 5 nitrogen and oxygen atoms in total. The largest absolute Gasteiger partial charge is 0.493 e. The van der Waals surface area contributed by atoms with Gasteiger partial charge in [-0.1, -0.05) is 36.4 Å². The Morgan fingerprint density at radius 2 is 1.85 bits per heavy atom. The molecular weight excluding hydrogens is 441 g/mol. The highest BCUT2D eigenvalue weighted by atomic mass is 127. The molecule has 26 heavy (non-hydrogen) atoms. The number of methoxy groups -OCH3 is 1. The lowest BCUT2D eigenvalue weighted by molar-refractivity contribution is 0.284. The second-order valence-corrected chi connectivity index (χ2v) is 6.28. The topological polar surface area (TPSA) is 60.1 Å². The number of nitrogens with zero attached hydrogens (tertiary/aromatic N) is 2. The molecule has 2 aromatic carbocycles. The van der Waals surface area contributed by atoms with Crippen LogP contribution in [0.25, 0.3) is 0 Å². The molecule has 2 N–H and O–H groups in total. The molecule has 0 heterocycles. The molecule has 0 aliphatic heterocycles. The summed E-state index contributed by atoms with van der Waals surface area (Å²) in [5, 5.41) is 0. The van der Waals surface area contributed by atoms with Crippen LogP contribution in [0.5, 0.6) is 11.5 Å². The summed E-state index contributed by atoms with van der Waals surface area (Å²) >= 11 is 0. The minimum Gasteiger partial charge on any atom is -0.493 e. The zero-order valence-corrected chi connectivity index (χ0v) is 17.6. The maximum absolute atomic E-state index is 6.04. The van der Waals surface area contributed by atoms with Gasteiger partial charge in [0.2, 0.25) is 0 Å². The van der Waals surface area contributed by atoms with E-state index in [2.05, 4.69) is 9.89 Å². The molecule has 0 unspecified atom stereocenters. The van der Waals surface area contributed by atoms with Crippen LogP contribution >= 0.6 is 24.0 Å². The van der Waals surface area contributed by atoms with Crippen molar-refractivity contribution in [2.45, 2.75) is 32.0 Å². The van der Waals surface area contributed by atoms with Gasteiger partial charge < -0.3 is 20.1 Å². The molecular formula is C20H26IN3O2. The predicted octanol–water partition coefficient (Wildman–Crippen LogP) is 3.80. The Kier molecular flexibility index (Phi) is 7.56. The van der Waals surface area contributed by atoms with Gasteiger partial charge in [-0.3, -0.25) is 0 Å². The van der Waals surface area contributed by atoms with Crippen LogP contribution in [-0.4, -0.2) is 31.1 Å². The quantitative estimate of drug-likeness (QED) is 0.383. The summed E-state index contributed by atoms with van der Waals surface area (Å²) in [5.74, 6) is 2.02. The molecule has 140 valence electrons. The van der Waals surface area contributed by atoms with E-state index in [1.54, 1.807) is 7.11 Å². The Bertz CT molecular complexity index is 733. The van der Waals surface area contributed by atoms with Gasteiger partial charge in [0.1, 0.15) is 6.61 Å². The molecule has 6 heteroatoms. The molecule has 1 aliphatic carbocycles. The average Bonchev–Trinajstić information content (AvgIpc) is 3.50. The maximum Gasteiger partial charge on any atom is 0.191 e. The van der Waals surface area contributed by atoms with E-state index in [0.29, 0.717) is 30.9 Å². The van der Waals surface area contributed by atoms with E-state index < -0.39 is 0 Å². The van der Waals surface area contributed by atoms with Crippen LogP contribution in [-0.2, 0) is 13.2 Å². The van der Waals surface area contributed by atoms with Crippen molar-refractivity contribution in [3.63, 3.8) is 0 Å². The summed E-state index contributed by atoms with van der Waals surface area (Å²) in [6.07, 6.45) is 2.40. The van der Waals surface area contributed by atoms with Crippen molar-refractivity contribution in [2.75, 3.05) is 14.2 Å². The lowest BCUT2D eigenvalue weighted by atomic mass is 10.2. The fraction of sp³-hybridized carbons (Fsp3) is 0.350. The molecule has 2 aromatic rings. The van der Waals surface area contributed by atoms with Crippen molar-refractivity contribution in [2.24, 2.45) is 10.7 Å². The number of halogens is 1. The van der Waals surface area contributed by atoms with Crippen molar-refractivity contribution in [1.82, 2.24) is 4.90 Å². The number of hydrogen-bond donors (Lipinski definition) is 1. The highest BCUT2D eigenvalue weighted by molar-refractivity contribution is 14.0. The third kappa shape index (κ3) is 5.52. The van der Waals surface area contributed by atoms with Gasteiger partial charge in [-0.25, -0.2) is 4.99 Å². The Morgan fingerprint density at radius 3 is 2.50 bits per heavy atom. The van der Waals surface area contributed by atoms with E-state index in [9.17, 15) is 0 Å². The van der Waals surface area contributed by atoms with Gasteiger partial charge in [0.25, 0.3) is 0 Å². The van der Waals surface area contributed by atoms with Crippen LogP contribution in [0, 0.1) is 0 Å². The second-order valence-electron chi connectivity index (χ2n) is 6.28. The van der Waals surface area contributed by atoms with Crippen molar-refractivity contribution in [1.29, 1.82) is 0 Å². The van der Waals surface area contributed by atoms with Gasteiger partial charge in [0.15, 0.2) is 17.5 Å². The third-order valence-corrected chi connectivity index (χ3v) is 4.34. The summed E-state index contributed by atoms with van der Waals surface area (Å²) in [6.45, 7) is 1.03. The second kappa shape index (κ2) is 9.66. The fourth-order valence-corrected chi connectivity index (χ4v) is 2.60. The summed E-state index contributed by atoms with van der Waals surface area (Å²) < 4.78 is 11.3. The fourth-order valence-electron chi connectivity index (χ4n) is 2.60. The number of guanidine groups is 1. The number of rotatable bonds is 7. The van der Waals surface area contributed by atoms with E-state index in [1.807, 2.05) is 55.6 Å². The zero-order valence-electron chi connectivity index (χ0n) is 15.2. The minimum absolute atomic E-state index is 0. The Balaban J connectivity index is 0.00000243. The van der Waals surface area contributed by atoms with Crippen molar-refractivity contribution >= 4 is 29.9 Å². The SMILES string of the molecule is COc1cc(CN=C(N)N(C)C2CC2)ccc1OCc1ccccc1.I. The monoisotopic (exact) mass is 467 g/mol. The number of nitrogens with two attached hydrogens (primary N) is 1. The van der Waals surface area contributed by atoms with Crippen LogP contribution in [0.2, 0.25) is 0 Å². The number of aliphatic imine (C=N–C) groups is 1. The molecule has 0 bridgehead atoms. The van der Waals surface area contributed by atoms with E-state index in [-0.39, 0.29) is 24.0 Å². The van der Waals surface area contributed by atoms with E-state index in [1.165, 1.54) is 12.8 Å². The number of ether oxygens (including phenoxy) is 2. The standard InChI is InChI=1S/C20H25N3O2.HI/c1-23(17-9-10-17)20(21)22-13-16-8-11-18(19(12-16)24-2)25-14-15-6-4-3-5-7-15;/h3-8,11-12,17H,9-10,13-14H2,1-2H3,(H2,21,22);1H. The molecule has 0 saturated heterocycles. The molecule has 1 saturated carbocycles. The molecule has 0 atom stereocenters. The van der Waals surface area contributed by atoms with Crippen LogP contribution < -0.4 is 15.2 Å². The first kappa shape index (κ1) is 20.4.